The van der Waals surface area contributed by atoms with Gasteiger partial charge < -0.3 is 4.90 Å². The molecule has 0 aliphatic carbocycles. The van der Waals surface area contributed by atoms with Crippen LogP contribution in [-0.4, -0.2) is 29.2 Å². The Balaban J connectivity index is 2.12. The molecule has 0 N–H and O–H groups in total. The number of Topliss-reactive ketones (excluding diaryl/α,β-unsaturated/α-hetero) is 1. The smallest absolute Gasteiger partial charge is 0.223 e. The topological polar surface area (TPSA) is 37.4 Å². The third kappa shape index (κ3) is 0.602. The molecule has 0 bridgehead atoms. The summed E-state index contributed by atoms with van der Waals surface area (Å²) in [5, 5.41) is 0. The highest BCUT2D eigenvalue weighted by Gasteiger charge is 2.42. The van der Waals surface area contributed by atoms with Crippen molar-refractivity contribution < 1.29 is 9.59 Å². The number of amides is 1. The second kappa shape index (κ2) is 1.81. The third-order valence-electron chi connectivity index (χ3n) is 2.26. The third-order valence-corrected chi connectivity index (χ3v) is 2.26. The van der Waals surface area contributed by atoms with Gasteiger partial charge in [-0.3, -0.25) is 9.59 Å². The van der Waals surface area contributed by atoms with Gasteiger partial charge in [0.25, 0.3) is 0 Å². The van der Waals surface area contributed by atoms with Crippen molar-refractivity contribution in [2.75, 3.05) is 6.54 Å². The molecule has 2 heterocycles. The van der Waals surface area contributed by atoms with E-state index in [0.717, 1.165) is 12.8 Å². The fourth-order valence-corrected chi connectivity index (χ4v) is 1.61. The number of hydrogen-bond donors (Lipinski definition) is 0. The van der Waals surface area contributed by atoms with Crippen LogP contribution in [0.25, 0.3) is 0 Å². The summed E-state index contributed by atoms with van der Waals surface area (Å²) in [4.78, 5) is 23.5. The molecule has 0 aromatic rings. The van der Waals surface area contributed by atoms with Crippen LogP contribution < -0.4 is 0 Å². The second-order valence-corrected chi connectivity index (χ2v) is 2.90. The van der Waals surface area contributed by atoms with Gasteiger partial charge >= 0.3 is 0 Å². The van der Waals surface area contributed by atoms with Crippen LogP contribution in [-0.2, 0) is 9.59 Å². The number of fused-ring (bicyclic) bond motifs is 1. The summed E-state index contributed by atoms with van der Waals surface area (Å²) >= 11 is 0. The van der Waals surface area contributed by atoms with E-state index < -0.39 is 0 Å². The predicted molar refractivity (Wildman–Crippen MR) is 34.4 cm³/mol. The highest BCUT2D eigenvalue weighted by molar-refractivity contribution is 5.99. The zero-order valence-electron chi connectivity index (χ0n) is 5.67. The van der Waals surface area contributed by atoms with Crippen LogP contribution in [0.4, 0.5) is 0 Å². The van der Waals surface area contributed by atoms with Crippen molar-refractivity contribution in [3.63, 3.8) is 0 Å². The Bertz CT molecular complexity index is 200. The van der Waals surface area contributed by atoms with E-state index in [2.05, 4.69) is 0 Å². The van der Waals surface area contributed by atoms with Gasteiger partial charge in [-0.05, 0) is 12.8 Å². The minimum atomic E-state index is -0.0266. The standard InChI is InChI=1S/C7H9NO2/c9-6-4-8-5(6)2-1-3-7(8)10/h5H,1-4H2/t5-/m1/s1. The molecule has 10 heavy (non-hydrogen) atoms. The molecule has 1 atom stereocenters. The van der Waals surface area contributed by atoms with Gasteiger partial charge in [-0.25, -0.2) is 0 Å². The molecule has 0 unspecified atom stereocenters. The summed E-state index contributed by atoms with van der Waals surface area (Å²) in [6, 6.07) is -0.0266. The molecule has 54 valence electrons. The lowest BCUT2D eigenvalue weighted by molar-refractivity contribution is -0.155. The fourth-order valence-electron chi connectivity index (χ4n) is 1.61. The van der Waals surface area contributed by atoms with E-state index in [1.165, 1.54) is 0 Å². The molecule has 2 rings (SSSR count). The first-order valence-electron chi connectivity index (χ1n) is 3.61. The molecule has 2 saturated heterocycles. The first kappa shape index (κ1) is 5.89. The van der Waals surface area contributed by atoms with E-state index in [0.29, 0.717) is 13.0 Å². The number of hydrogen-bond acceptors (Lipinski definition) is 2. The Kier molecular flexibility index (Phi) is 1.07. The van der Waals surface area contributed by atoms with Crippen LogP contribution in [0, 0.1) is 0 Å². The highest BCUT2D eigenvalue weighted by atomic mass is 16.2. The molecular weight excluding hydrogens is 130 g/mol. The van der Waals surface area contributed by atoms with Gasteiger partial charge in [0.05, 0.1) is 12.6 Å². The molecule has 1 amide bonds. The first-order chi connectivity index (χ1) is 4.79. The molecule has 3 nitrogen and oxygen atoms in total. The zero-order chi connectivity index (χ0) is 7.14. The number of carbonyl (C=O) groups excluding carboxylic acids is 2. The molecule has 0 aromatic carbocycles. The molecule has 0 aromatic heterocycles. The van der Waals surface area contributed by atoms with Crippen LogP contribution in [0.15, 0.2) is 0 Å². The second-order valence-electron chi connectivity index (χ2n) is 2.90. The van der Waals surface area contributed by atoms with E-state index in [9.17, 15) is 9.59 Å². The maximum atomic E-state index is 11.0. The van der Waals surface area contributed by atoms with Crippen LogP contribution >= 0.6 is 0 Å². The number of rotatable bonds is 0. The number of piperidine rings is 1. The summed E-state index contributed by atoms with van der Waals surface area (Å²) in [7, 11) is 0. The number of ketones is 1. The number of carbonyl (C=O) groups is 2. The Labute approximate surface area is 59.0 Å². The van der Waals surface area contributed by atoms with Gasteiger partial charge in [0, 0.05) is 6.42 Å². The highest BCUT2D eigenvalue weighted by Crippen LogP contribution is 2.25. The number of nitrogens with zero attached hydrogens (tertiary/aromatic N) is 1. The Hall–Kier alpha value is -0.860. The zero-order valence-corrected chi connectivity index (χ0v) is 5.67. The van der Waals surface area contributed by atoms with Gasteiger partial charge in [0.1, 0.15) is 0 Å². The van der Waals surface area contributed by atoms with Gasteiger partial charge in [0.15, 0.2) is 5.78 Å². The van der Waals surface area contributed by atoms with E-state index in [4.69, 9.17) is 0 Å². The minimum absolute atomic E-state index is 0.0266. The van der Waals surface area contributed by atoms with E-state index in [1.54, 1.807) is 4.90 Å². The first-order valence-corrected chi connectivity index (χ1v) is 3.61. The van der Waals surface area contributed by atoms with Crippen LogP contribution in [0.3, 0.4) is 0 Å². The summed E-state index contributed by atoms with van der Waals surface area (Å²) < 4.78 is 0. The van der Waals surface area contributed by atoms with Crippen molar-refractivity contribution >= 4 is 11.7 Å². The van der Waals surface area contributed by atoms with Crippen molar-refractivity contribution in [2.45, 2.75) is 25.3 Å². The van der Waals surface area contributed by atoms with Crippen molar-refractivity contribution in [3.05, 3.63) is 0 Å². The molecule has 0 saturated carbocycles. The maximum Gasteiger partial charge on any atom is 0.223 e. The SMILES string of the molecule is O=C1CN2C(=O)CCC[C@H]12. The van der Waals surface area contributed by atoms with Gasteiger partial charge in [-0.15, -0.1) is 0 Å². The van der Waals surface area contributed by atoms with E-state index in [-0.39, 0.29) is 17.7 Å². The predicted octanol–water partition coefficient (Wildman–Crippen LogP) is -0.0498. The summed E-state index contributed by atoms with van der Waals surface area (Å²) in [5.41, 5.74) is 0. The van der Waals surface area contributed by atoms with Crippen LogP contribution in [0.1, 0.15) is 19.3 Å². The van der Waals surface area contributed by atoms with Gasteiger partial charge in [-0.2, -0.15) is 0 Å². The quantitative estimate of drug-likeness (QED) is 0.472. The fraction of sp³-hybridized carbons (Fsp3) is 0.714. The van der Waals surface area contributed by atoms with E-state index >= 15 is 0 Å². The summed E-state index contributed by atoms with van der Waals surface area (Å²) in [6.45, 7) is 0.378. The molecule has 0 radical (unpaired) electrons. The van der Waals surface area contributed by atoms with Gasteiger partial charge in [0.2, 0.25) is 5.91 Å². The van der Waals surface area contributed by atoms with Crippen LogP contribution in [0.2, 0.25) is 0 Å². The summed E-state index contributed by atoms with van der Waals surface area (Å²) in [6.07, 6.45) is 2.43. The average Bonchev–Trinajstić information content (AvgIpc) is 1.91. The molecule has 0 spiro atoms. The van der Waals surface area contributed by atoms with E-state index in [1.807, 2.05) is 0 Å². The normalized spacial score (nSPS) is 31.6. The van der Waals surface area contributed by atoms with Gasteiger partial charge in [-0.1, -0.05) is 0 Å². The van der Waals surface area contributed by atoms with Crippen molar-refractivity contribution in [3.8, 4) is 0 Å². The lowest BCUT2D eigenvalue weighted by Gasteiger charge is -2.42. The van der Waals surface area contributed by atoms with Crippen molar-refractivity contribution in [2.24, 2.45) is 0 Å². The average molecular weight is 139 g/mol. The van der Waals surface area contributed by atoms with Crippen LogP contribution in [0.5, 0.6) is 0 Å². The van der Waals surface area contributed by atoms with Crippen molar-refractivity contribution in [1.29, 1.82) is 0 Å². The lowest BCUT2D eigenvalue weighted by Crippen LogP contribution is -2.61. The largest absolute Gasteiger partial charge is 0.325 e. The Morgan fingerprint density at radius 1 is 1.40 bits per heavy atom. The minimum Gasteiger partial charge on any atom is -0.325 e. The molecule has 2 fully saturated rings. The van der Waals surface area contributed by atoms with Crippen molar-refractivity contribution in [1.82, 2.24) is 4.90 Å². The molecule has 2 aliphatic rings. The summed E-state index contributed by atoms with van der Waals surface area (Å²) in [5.74, 6) is 0.406. The molecular formula is C7H9NO2. The Morgan fingerprint density at radius 2 is 2.20 bits per heavy atom. The monoisotopic (exact) mass is 139 g/mol. The maximum absolute atomic E-state index is 11.0. The molecule has 3 heteroatoms. The lowest BCUT2D eigenvalue weighted by atomic mass is 9.91. The Morgan fingerprint density at radius 3 is 2.80 bits per heavy atom. The molecule has 2 aliphatic heterocycles.